The van der Waals surface area contributed by atoms with E-state index in [0.29, 0.717) is 131 Å². The zero-order valence-corrected chi connectivity index (χ0v) is 71.7. The van der Waals surface area contributed by atoms with Crippen LogP contribution in [0.1, 0.15) is 144 Å². The molecule has 0 spiro atoms. The van der Waals surface area contributed by atoms with Crippen LogP contribution in [0.2, 0.25) is 0 Å². The van der Waals surface area contributed by atoms with Crippen LogP contribution >= 0.6 is 0 Å². The summed E-state index contributed by atoms with van der Waals surface area (Å²) in [5, 5.41) is 0.774. The molecule has 0 bridgehead atoms. The van der Waals surface area contributed by atoms with E-state index in [1.54, 1.807) is 92.4 Å². The van der Waals surface area contributed by atoms with Gasteiger partial charge in [-0.05, 0) is 170 Å². The molecular formula is C99H103FN10O15. The summed E-state index contributed by atoms with van der Waals surface area (Å²) in [4.78, 5) is 130. The van der Waals surface area contributed by atoms with Crippen LogP contribution in [-0.2, 0) is 112 Å². The normalized spacial score (nSPS) is 16.2. The van der Waals surface area contributed by atoms with Gasteiger partial charge in [-0.3, -0.25) is 29.3 Å². The van der Waals surface area contributed by atoms with Crippen LogP contribution < -0.4 is 9.47 Å². The molecule has 3 amide bonds. The minimum Gasteiger partial charge on any atom is -0.495 e. The summed E-state index contributed by atoms with van der Waals surface area (Å²) in [6.07, 6.45) is 13.7. The Kier molecular flexibility index (Phi) is 30.7. The number of carbonyl (C=O) groups is 8. The number of carbonyl (C=O) groups excluding carboxylic acids is 8. The third-order valence-electron chi connectivity index (χ3n) is 22.1. The van der Waals surface area contributed by atoms with E-state index in [1.807, 2.05) is 152 Å². The first-order chi connectivity index (χ1) is 60.5. The van der Waals surface area contributed by atoms with Gasteiger partial charge < -0.3 is 62.6 Å². The number of halogens is 1. The number of pyridine rings is 4. The third kappa shape index (κ3) is 21.8. The van der Waals surface area contributed by atoms with Crippen LogP contribution in [0.3, 0.4) is 0 Å². The summed E-state index contributed by atoms with van der Waals surface area (Å²) >= 11 is 0. The van der Waals surface area contributed by atoms with Gasteiger partial charge in [0.1, 0.15) is 41.8 Å². The molecule has 26 heteroatoms. The van der Waals surface area contributed by atoms with Crippen molar-refractivity contribution >= 4 is 69.9 Å². The molecule has 16 rings (SSSR count). The number of nitrogens with zero attached hydrogens (tertiary/aromatic N) is 9. The zero-order chi connectivity index (χ0) is 88.8. The van der Waals surface area contributed by atoms with Gasteiger partial charge in [0.15, 0.2) is 0 Å². The van der Waals surface area contributed by atoms with Gasteiger partial charge in [0.2, 0.25) is 5.88 Å². The number of ether oxygens (including phenoxy) is 7. The predicted molar refractivity (Wildman–Crippen MR) is 469 cm³/mol. The number of amides is 3. The van der Waals surface area contributed by atoms with E-state index < -0.39 is 30.2 Å². The molecule has 5 aromatic heterocycles. The SMILES string of the molecule is C=C(c1cc2cc(F)ccc2[nH]1)N1Cc2ccccc2CC1C(=O)OCC.C=C(c1cccnc1OC)N1Cc2ccccc2CC1C(=O)OCC.CCOC(=O)C1Cc2ccccc2CN1C(=O)c1cncc(C)c1.CCOC(=O)C1Cc2ccccc2CN1C(=O)c1cncc(C)c1.CCOC(=O)C1Cc2ccccc2CN1C(=O)c1cncc(OC)c1. The van der Waals surface area contributed by atoms with Crippen molar-refractivity contribution in [2.24, 2.45) is 0 Å². The first kappa shape index (κ1) is 90.1. The monoisotopic (exact) mass is 1690 g/mol. The topological polar surface area (TPSA) is 285 Å². The van der Waals surface area contributed by atoms with Gasteiger partial charge in [0, 0.05) is 119 Å². The fourth-order valence-electron chi connectivity index (χ4n) is 15.9. The highest BCUT2D eigenvalue weighted by molar-refractivity contribution is 5.99. The maximum Gasteiger partial charge on any atom is 0.329 e. The second-order valence-corrected chi connectivity index (χ2v) is 30.2. The lowest BCUT2D eigenvalue weighted by Gasteiger charge is -2.38. The molecule has 11 aromatic rings. The van der Waals surface area contributed by atoms with Crippen LogP contribution in [0.5, 0.6) is 11.6 Å². The standard InChI is InChI=1S/C22H21FN2O2.C20H22N2O3.C19H20N2O4.2C19H20N2O3/c1-3-27-22(26)21-12-15-6-4-5-7-16(15)13-25(21)14(2)20-11-17-10-18(23)8-9-19(17)24-20;1-4-25-20(23)18-12-15-8-5-6-9-16(15)13-22(18)14(2)17-10-7-11-21-19(17)24-3;1-3-25-19(23)17-9-13-6-4-5-7-14(13)12-21(17)18(22)15-8-16(24-2)11-20-10-15;2*1-3-24-19(23)17-9-14-6-4-5-7-15(14)12-21(17)18(22)16-8-13(2)10-20-11-16/h4-11,21,24H,2-3,12-13H2,1H3;5-11,18H,2,4,12-13H2,1,3H3;4-8,10-11,17H,3,9,12H2,1-2H3;2*4-8,10-11,17H,3,9,12H2,1-2H3. The number of nitrogens with one attached hydrogen (secondary N) is 1. The zero-order valence-electron chi connectivity index (χ0n) is 71.7. The second kappa shape index (κ2) is 42.6. The molecule has 0 aliphatic carbocycles. The molecule has 5 aliphatic rings. The Morgan fingerprint density at radius 2 is 0.712 bits per heavy atom. The fourth-order valence-corrected chi connectivity index (χ4v) is 15.9. The summed E-state index contributed by atoms with van der Waals surface area (Å²) in [5.74, 6) is -1.55. The molecule has 1 N–H and O–H groups in total. The van der Waals surface area contributed by atoms with Gasteiger partial charge in [-0.2, -0.15) is 0 Å². The Morgan fingerprint density at radius 3 is 1.06 bits per heavy atom. The van der Waals surface area contributed by atoms with Crippen molar-refractivity contribution in [3.8, 4) is 11.6 Å². The first-order valence-electron chi connectivity index (χ1n) is 41.7. The van der Waals surface area contributed by atoms with Crippen molar-refractivity contribution < 1.29 is 75.9 Å². The number of aromatic nitrogens is 5. The Hall–Kier alpha value is -14.2. The molecule has 0 saturated heterocycles. The molecule has 0 radical (unpaired) electrons. The Morgan fingerprint density at radius 1 is 0.384 bits per heavy atom. The summed E-state index contributed by atoms with van der Waals surface area (Å²) in [7, 11) is 3.09. The maximum absolute atomic E-state index is 13.5. The lowest BCUT2D eigenvalue weighted by atomic mass is 9.93. The van der Waals surface area contributed by atoms with Crippen LogP contribution in [0, 0.1) is 19.7 Å². The van der Waals surface area contributed by atoms with E-state index in [-0.39, 0.29) is 60.0 Å². The molecule has 646 valence electrons. The first-order valence-corrected chi connectivity index (χ1v) is 41.7. The molecule has 25 nitrogen and oxygen atoms in total. The lowest BCUT2D eigenvalue weighted by Crippen LogP contribution is -2.49. The van der Waals surface area contributed by atoms with Crippen LogP contribution in [0.4, 0.5) is 4.39 Å². The molecule has 0 fully saturated rings. The minimum absolute atomic E-state index is 0.196. The number of hydrogen-bond donors (Lipinski definition) is 1. The Bertz CT molecular complexity index is 5630. The number of benzene rings is 6. The smallest absolute Gasteiger partial charge is 0.329 e. The number of fused-ring (bicyclic) bond motifs is 6. The van der Waals surface area contributed by atoms with Crippen molar-refractivity contribution in [1.82, 2.24) is 49.4 Å². The van der Waals surface area contributed by atoms with E-state index in [2.05, 4.69) is 56.3 Å². The van der Waals surface area contributed by atoms with E-state index in [0.717, 1.165) is 72.2 Å². The molecular weight excluding hydrogens is 1590 g/mol. The average Bonchev–Trinajstić information content (AvgIpc) is 1.73. The summed E-state index contributed by atoms with van der Waals surface area (Å²) in [6.45, 7) is 25.0. The van der Waals surface area contributed by atoms with Crippen LogP contribution in [-0.4, -0.2) is 174 Å². The van der Waals surface area contributed by atoms with Crippen molar-refractivity contribution in [1.29, 1.82) is 0 Å². The van der Waals surface area contributed by atoms with Gasteiger partial charge in [0.25, 0.3) is 17.7 Å². The van der Waals surface area contributed by atoms with Crippen molar-refractivity contribution in [3.05, 3.63) is 333 Å². The van der Waals surface area contributed by atoms with Crippen LogP contribution in [0.25, 0.3) is 22.3 Å². The molecule has 0 saturated carbocycles. The number of aromatic amines is 1. The lowest BCUT2D eigenvalue weighted by molar-refractivity contribution is -0.149. The maximum atomic E-state index is 13.5. The van der Waals surface area contributed by atoms with Gasteiger partial charge in [-0.15, -0.1) is 0 Å². The molecule has 125 heavy (non-hydrogen) atoms. The van der Waals surface area contributed by atoms with Crippen molar-refractivity contribution in [3.63, 3.8) is 0 Å². The van der Waals surface area contributed by atoms with E-state index in [1.165, 1.54) is 60.7 Å². The van der Waals surface area contributed by atoms with Crippen LogP contribution in [0.15, 0.2) is 232 Å². The van der Waals surface area contributed by atoms with E-state index in [4.69, 9.17) is 33.2 Å². The highest BCUT2D eigenvalue weighted by Gasteiger charge is 2.41. The number of methoxy groups -OCH3 is 2. The quantitative estimate of drug-likeness (QED) is 0.0581. The van der Waals surface area contributed by atoms with Crippen molar-refractivity contribution in [2.75, 3.05) is 47.3 Å². The molecule has 6 aromatic carbocycles. The van der Waals surface area contributed by atoms with E-state index in [9.17, 15) is 42.7 Å². The highest BCUT2D eigenvalue weighted by atomic mass is 19.1. The average molecular weight is 1690 g/mol. The second-order valence-electron chi connectivity index (χ2n) is 30.2. The molecule has 5 unspecified atom stereocenters. The summed E-state index contributed by atoms with van der Waals surface area (Å²) in [5.41, 5.74) is 18.0. The highest BCUT2D eigenvalue weighted by Crippen LogP contribution is 2.37. The molecule has 5 atom stereocenters. The third-order valence-corrected chi connectivity index (χ3v) is 22.1. The van der Waals surface area contributed by atoms with Gasteiger partial charge in [-0.25, -0.2) is 33.3 Å². The number of rotatable bonds is 19. The van der Waals surface area contributed by atoms with Gasteiger partial charge in [-0.1, -0.05) is 134 Å². The fraction of sp³-hybridized carbons (Fsp3) is 0.293. The molecule has 5 aliphatic heterocycles. The number of esters is 5. The predicted octanol–water partition coefficient (Wildman–Crippen LogP) is 14.6. The summed E-state index contributed by atoms with van der Waals surface area (Å²) in [6, 6.07) is 52.5. The number of hydrogen-bond acceptors (Lipinski definition) is 21. The number of aryl methyl sites for hydroxylation is 2. The Balaban J connectivity index is 0.000000142. The van der Waals surface area contributed by atoms with Gasteiger partial charge >= 0.3 is 29.8 Å². The largest absolute Gasteiger partial charge is 0.495 e. The van der Waals surface area contributed by atoms with E-state index >= 15 is 0 Å². The molecule has 10 heterocycles. The minimum atomic E-state index is -0.645. The van der Waals surface area contributed by atoms with Crippen molar-refractivity contribution in [2.45, 2.75) is 144 Å². The van der Waals surface area contributed by atoms with Gasteiger partial charge in [0.05, 0.1) is 87.1 Å². The Labute approximate surface area is 726 Å². The number of H-pyrrole nitrogens is 1. The summed E-state index contributed by atoms with van der Waals surface area (Å²) < 4.78 is 50.2.